The van der Waals surface area contributed by atoms with Gasteiger partial charge in [-0.25, -0.2) is 9.97 Å². The molecule has 0 atom stereocenters. The predicted molar refractivity (Wildman–Crippen MR) is 108 cm³/mol. The van der Waals surface area contributed by atoms with Crippen molar-refractivity contribution in [3.05, 3.63) is 71.5 Å². The number of carbonyl (C=O) groups excluding carboxylic acids is 1. The summed E-state index contributed by atoms with van der Waals surface area (Å²) >= 11 is 7.47. The van der Waals surface area contributed by atoms with Gasteiger partial charge in [0.05, 0.1) is 5.69 Å². The summed E-state index contributed by atoms with van der Waals surface area (Å²) in [4.78, 5) is 21.0. The van der Waals surface area contributed by atoms with E-state index in [0.29, 0.717) is 22.9 Å². The van der Waals surface area contributed by atoms with E-state index in [0.717, 1.165) is 22.1 Å². The van der Waals surface area contributed by atoms with Crippen LogP contribution in [0.3, 0.4) is 0 Å². The molecule has 1 amide bonds. The molecule has 3 aromatic rings. The minimum Gasteiger partial charge on any atom is -0.326 e. The van der Waals surface area contributed by atoms with Gasteiger partial charge in [-0.2, -0.15) is 0 Å². The van der Waals surface area contributed by atoms with E-state index in [2.05, 4.69) is 15.3 Å². The first-order valence-electron chi connectivity index (χ1n) is 8.19. The fraction of sp³-hybridized carbons (Fsp3) is 0.150. The Hall–Kier alpha value is -2.37. The monoisotopic (exact) mass is 383 g/mol. The molecule has 0 fully saturated rings. The first kappa shape index (κ1) is 18.4. The van der Waals surface area contributed by atoms with Crippen LogP contribution in [0.1, 0.15) is 12.2 Å². The maximum Gasteiger partial charge on any atom is 0.225 e. The number of aromatic nitrogens is 2. The van der Waals surface area contributed by atoms with Crippen molar-refractivity contribution in [1.29, 1.82) is 0 Å². The van der Waals surface area contributed by atoms with Crippen LogP contribution in [0, 0.1) is 6.92 Å². The molecule has 2 aromatic carbocycles. The molecule has 0 saturated carbocycles. The van der Waals surface area contributed by atoms with Crippen molar-refractivity contribution < 1.29 is 4.79 Å². The minimum atomic E-state index is -0.0474. The maximum absolute atomic E-state index is 12.1. The number of halogens is 1. The number of hydrogen-bond donors (Lipinski definition) is 1. The molecule has 1 aromatic heterocycles. The highest BCUT2D eigenvalue weighted by Gasteiger charge is 2.07. The molecule has 6 heteroatoms. The van der Waals surface area contributed by atoms with E-state index in [9.17, 15) is 4.79 Å². The van der Waals surface area contributed by atoms with Crippen LogP contribution in [-0.2, 0) is 4.79 Å². The molecule has 3 rings (SSSR count). The van der Waals surface area contributed by atoms with Crippen molar-refractivity contribution in [3.63, 3.8) is 0 Å². The average Bonchev–Trinajstić information content (AvgIpc) is 2.62. The molecule has 0 aliphatic heterocycles. The number of benzene rings is 2. The van der Waals surface area contributed by atoms with Gasteiger partial charge in [0.15, 0.2) is 0 Å². The van der Waals surface area contributed by atoms with Crippen molar-refractivity contribution in [2.24, 2.45) is 0 Å². The molecule has 0 bridgehead atoms. The normalized spacial score (nSPS) is 10.5. The number of thioether (sulfide) groups is 1. The highest BCUT2D eigenvalue weighted by atomic mass is 35.5. The largest absolute Gasteiger partial charge is 0.326 e. The summed E-state index contributed by atoms with van der Waals surface area (Å²) in [5.74, 6) is 1.31. The van der Waals surface area contributed by atoms with E-state index in [-0.39, 0.29) is 5.91 Å². The Balaban J connectivity index is 1.58. The lowest BCUT2D eigenvalue weighted by molar-refractivity contribution is -0.115. The molecule has 0 saturated heterocycles. The van der Waals surface area contributed by atoms with E-state index in [4.69, 9.17) is 11.6 Å². The first-order chi connectivity index (χ1) is 12.6. The van der Waals surface area contributed by atoms with Gasteiger partial charge in [-0.15, -0.1) is 11.8 Å². The summed E-state index contributed by atoms with van der Waals surface area (Å²) in [7, 11) is 0. The second kappa shape index (κ2) is 8.83. The fourth-order valence-corrected chi connectivity index (χ4v) is 3.49. The van der Waals surface area contributed by atoms with Crippen LogP contribution in [0.25, 0.3) is 11.3 Å². The fourth-order valence-electron chi connectivity index (χ4n) is 2.41. The van der Waals surface area contributed by atoms with Gasteiger partial charge in [0.2, 0.25) is 5.91 Å². The van der Waals surface area contributed by atoms with E-state index in [1.54, 1.807) is 23.9 Å². The zero-order valence-corrected chi connectivity index (χ0v) is 15.8. The molecule has 0 radical (unpaired) electrons. The smallest absolute Gasteiger partial charge is 0.225 e. The third-order valence-electron chi connectivity index (χ3n) is 3.57. The van der Waals surface area contributed by atoms with Gasteiger partial charge in [0, 0.05) is 28.4 Å². The molecule has 1 heterocycles. The molecule has 0 spiro atoms. The zero-order chi connectivity index (χ0) is 18.4. The minimum absolute atomic E-state index is 0.0474. The highest BCUT2D eigenvalue weighted by molar-refractivity contribution is 7.99. The Labute approximate surface area is 162 Å². The van der Waals surface area contributed by atoms with Gasteiger partial charge in [-0.05, 0) is 31.2 Å². The third kappa shape index (κ3) is 5.31. The number of amides is 1. The lowest BCUT2D eigenvalue weighted by atomic mass is 10.1. The van der Waals surface area contributed by atoms with Crippen LogP contribution in [0.4, 0.5) is 5.69 Å². The number of nitrogens with zero attached hydrogens (tertiary/aromatic N) is 2. The van der Waals surface area contributed by atoms with Crippen molar-refractivity contribution >= 4 is 35.0 Å². The molecule has 26 heavy (non-hydrogen) atoms. The van der Waals surface area contributed by atoms with Gasteiger partial charge in [-0.3, -0.25) is 4.79 Å². The van der Waals surface area contributed by atoms with Gasteiger partial charge in [0.1, 0.15) is 10.9 Å². The number of anilines is 1. The Morgan fingerprint density at radius 1 is 1.08 bits per heavy atom. The Morgan fingerprint density at radius 2 is 1.88 bits per heavy atom. The van der Waals surface area contributed by atoms with Crippen molar-refractivity contribution in [3.8, 4) is 11.3 Å². The Bertz CT molecular complexity index is 903. The van der Waals surface area contributed by atoms with Crippen LogP contribution in [0.5, 0.6) is 0 Å². The summed E-state index contributed by atoms with van der Waals surface area (Å²) in [5.41, 5.74) is 2.65. The predicted octanol–water partition coefficient (Wildman–Crippen LogP) is 5.23. The van der Waals surface area contributed by atoms with Crippen molar-refractivity contribution in [1.82, 2.24) is 9.97 Å². The third-order valence-corrected chi connectivity index (χ3v) is 4.72. The lowest BCUT2D eigenvalue weighted by Crippen LogP contribution is -2.12. The van der Waals surface area contributed by atoms with Crippen LogP contribution in [0.15, 0.2) is 65.7 Å². The topological polar surface area (TPSA) is 54.9 Å². The van der Waals surface area contributed by atoms with Gasteiger partial charge < -0.3 is 5.32 Å². The number of aryl methyl sites for hydroxylation is 1. The molecule has 132 valence electrons. The molecule has 0 unspecified atom stereocenters. The van der Waals surface area contributed by atoms with Crippen LogP contribution < -0.4 is 5.32 Å². The summed E-state index contributed by atoms with van der Waals surface area (Å²) < 4.78 is 0. The van der Waals surface area contributed by atoms with Crippen LogP contribution in [-0.4, -0.2) is 21.6 Å². The van der Waals surface area contributed by atoms with Crippen molar-refractivity contribution in [2.45, 2.75) is 18.4 Å². The highest BCUT2D eigenvalue weighted by Crippen LogP contribution is 2.23. The lowest BCUT2D eigenvalue weighted by Gasteiger charge is -2.07. The standard InChI is InChI=1S/C20H18ClN3OS/c1-14-22-18(15-6-3-2-4-7-15)13-20(23-14)26-11-10-19(25)24-17-9-5-8-16(21)12-17/h2-9,12-13H,10-11H2,1H3,(H,24,25). The van der Waals surface area contributed by atoms with Crippen molar-refractivity contribution in [2.75, 3.05) is 11.1 Å². The van der Waals surface area contributed by atoms with Gasteiger partial charge in [-0.1, -0.05) is 48.0 Å². The quantitative estimate of drug-likeness (QED) is 0.468. The first-order valence-corrected chi connectivity index (χ1v) is 9.56. The Kier molecular flexibility index (Phi) is 6.26. The molecule has 4 nitrogen and oxygen atoms in total. The summed E-state index contributed by atoms with van der Waals surface area (Å²) in [6, 6.07) is 19.1. The number of nitrogens with one attached hydrogen (secondary N) is 1. The summed E-state index contributed by atoms with van der Waals surface area (Å²) in [5, 5.41) is 4.31. The SMILES string of the molecule is Cc1nc(SCCC(=O)Nc2cccc(Cl)c2)cc(-c2ccccc2)n1. The molecule has 1 N–H and O–H groups in total. The average molecular weight is 384 g/mol. The molecular weight excluding hydrogens is 366 g/mol. The van der Waals surface area contributed by atoms with E-state index < -0.39 is 0 Å². The van der Waals surface area contributed by atoms with Crippen LogP contribution in [0.2, 0.25) is 5.02 Å². The van der Waals surface area contributed by atoms with E-state index >= 15 is 0 Å². The Morgan fingerprint density at radius 3 is 2.65 bits per heavy atom. The number of carbonyl (C=O) groups is 1. The maximum atomic E-state index is 12.1. The molecular formula is C20H18ClN3OS. The molecule has 0 aliphatic rings. The summed E-state index contributed by atoms with van der Waals surface area (Å²) in [6.07, 6.45) is 0.390. The van der Waals surface area contributed by atoms with E-state index in [1.165, 1.54) is 0 Å². The van der Waals surface area contributed by atoms with Gasteiger partial charge >= 0.3 is 0 Å². The molecule has 0 aliphatic carbocycles. The summed E-state index contributed by atoms with van der Waals surface area (Å²) in [6.45, 7) is 1.88. The second-order valence-corrected chi connectivity index (χ2v) is 7.21. The van der Waals surface area contributed by atoms with Gasteiger partial charge in [0.25, 0.3) is 0 Å². The number of hydrogen-bond acceptors (Lipinski definition) is 4. The number of rotatable bonds is 6. The second-order valence-electron chi connectivity index (χ2n) is 5.66. The zero-order valence-electron chi connectivity index (χ0n) is 14.3. The van der Waals surface area contributed by atoms with Crippen LogP contribution >= 0.6 is 23.4 Å². The van der Waals surface area contributed by atoms with E-state index in [1.807, 2.05) is 55.5 Å².